The van der Waals surface area contributed by atoms with Crippen molar-refractivity contribution in [3.05, 3.63) is 83.4 Å². The SMILES string of the molecule is C[C@@H]1N(C(=O)c2ccc(C(F)(F)F)cc2)CCO[C@@]1(Cn1cncn1)c1ccc(F)cc1F. The van der Waals surface area contributed by atoms with E-state index in [2.05, 4.69) is 10.1 Å². The Hall–Kier alpha value is -3.34. The first-order chi connectivity index (χ1) is 15.6. The van der Waals surface area contributed by atoms with E-state index in [1.165, 1.54) is 28.3 Å². The number of alkyl halides is 3. The third kappa shape index (κ3) is 4.32. The third-order valence-corrected chi connectivity index (χ3v) is 5.80. The van der Waals surface area contributed by atoms with E-state index in [4.69, 9.17) is 4.74 Å². The zero-order valence-corrected chi connectivity index (χ0v) is 17.4. The van der Waals surface area contributed by atoms with Gasteiger partial charge in [-0.2, -0.15) is 18.3 Å². The maximum Gasteiger partial charge on any atom is 0.416 e. The molecular formula is C22H19F5N4O2. The monoisotopic (exact) mass is 466 g/mol. The minimum absolute atomic E-state index is 0.0161. The molecule has 0 spiro atoms. The summed E-state index contributed by atoms with van der Waals surface area (Å²) in [5, 5.41) is 4.04. The molecule has 1 amide bonds. The highest BCUT2D eigenvalue weighted by Gasteiger charge is 2.49. The van der Waals surface area contributed by atoms with Gasteiger partial charge in [0.1, 0.15) is 29.9 Å². The van der Waals surface area contributed by atoms with Crippen LogP contribution in [-0.2, 0) is 23.1 Å². The van der Waals surface area contributed by atoms with E-state index in [1.807, 2.05) is 0 Å². The van der Waals surface area contributed by atoms with Gasteiger partial charge >= 0.3 is 6.18 Å². The average molecular weight is 466 g/mol. The number of halogens is 5. The molecular weight excluding hydrogens is 447 g/mol. The van der Waals surface area contributed by atoms with E-state index in [0.29, 0.717) is 0 Å². The molecule has 33 heavy (non-hydrogen) atoms. The molecule has 3 aromatic rings. The normalized spacial score (nSPS) is 21.3. The summed E-state index contributed by atoms with van der Waals surface area (Å²) in [6, 6.07) is 6.16. The van der Waals surface area contributed by atoms with Gasteiger partial charge in [-0.15, -0.1) is 0 Å². The van der Waals surface area contributed by atoms with E-state index in [1.54, 1.807) is 6.92 Å². The Morgan fingerprint density at radius 2 is 1.91 bits per heavy atom. The van der Waals surface area contributed by atoms with Gasteiger partial charge in [0.05, 0.1) is 24.8 Å². The lowest BCUT2D eigenvalue weighted by Gasteiger charge is -2.48. The van der Waals surface area contributed by atoms with Crippen LogP contribution in [0.3, 0.4) is 0 Å². The number of ether oxygens (including phenoxy) is 1. The highest BCUT2D eigenvalue weighted by Crippen LogP contribution is 2.39. The van der Waals surface area contributed by atoms with Gasteiger partial charge in [-0.25, -0.2) is 18.4 Å². The summed E-state index contributed by atoms with van der Waals surface area (Å²) in [7, 11) is 0. The van der Waals surface area contributed by atoms with Gasteiger partial charge in [-0.1, -0.05) is 6.07 Å². The summed E-state index contributed by atoms with van der Waals surface area (Å²) in [5.41, 5.74) is -2.25. The van der Waals surface area contributed by atoms with Crippen molar-refractivity contribution in [1.82, 2.24) is 19.7 Å². The predicted octanol–water partition coefficient (Wildman–Crippen LogP) is 4.03. The lowest BCUT2D eigenvalue weighted by atomic mass is 9.83. The van der Waals surface area contributed by atoms with Crippen molar-refractivity contribution in [2.75, 3.05) is 13.2 Å². The molecule has 2 atom stereocenters. The lowest BCUT2D eigenvalue weighted by molar-refractivity contribution is -0.149. The molecule has 0 aliphatic carbocycles. The third-order valence-electron chi connectivity index (χ3n) is 5.80. The number of benzene rings is 2. The smallest absolute Gasteiger partial charge is 0.364 e. The minimum atomic E-state index is -4.53. The van der Waals surface area contributed by atoms with E-state index >= 15 is 0 Å². The van der Waals surface area contributed by atoms with E-state index < -0.39 is 40.9 Å². The molecule has 1 aromatic heterocycles. The van der Waals surface area contributed by atoms with Crippen LogP contribution in [-0.4, -0.2) is 44.8 Å². The molecule has 1 saturated heterocycles. The van der Waals surface area contributed by atoms with Crippen LogP contribution in [0.1, 0.15) is 28.4 Å². The van der Waals surface area contributed by atoms with Crippen LogP contribution in [0.4, 0.5) is 22.0 Å². The minimum Gasteiger partial charge on any atom is -0.364 e. The van der Waals surface area contributed by atoms with Gasteiger partial charge in [0, 0.05) is 23.7 Å². The maximum atomic E-state index is 14.9. The van der Waals surface area contributed by atoms with Gasteiger partial charge in [-0.3, -0.25) is 4.79 Å². The number of amides is 1. The van der Waals surface area contributed by atoms with Crippen LogP contribution in [0, 0.1) is 11.6 Å². The molecule has 0 bridgehead atoms. The van der Waals surface area contributed by atoms with Gasteiger partial charge in [0.25, 0.3) is 5.91 Å². The lowest BCUT2D eigenvalue weighted by Crippen LogP contribution is -2.60. The highest BCUT2D eigenvalue weighted by atomic mass is 19.4. The predicted molar refractivity (Wildman–Crippen MR) is 106 cm³/mol. The summed E-state index contributed by atoms with van der Waals surface area (Å²) in [5.74, 6) is -2.16. The molecule has 11 heteroatoms. The summed E-state index contributed by atoms with van der Waals surface area (Å²) in [6.07, 6.45) is -1.84. The molecule has 6 nitrogen and oxygen atoms in total. The Morgan fingerprint density at radius 1 is 1.18 bits per heavy atom. The van der Waals surface area contributed by atoms with Crippen molar-refractivity contribution in [3.8, 4) is 0 Å². The highest BCUT2D eigenvalue weighted by molar-refractivity contribution is 5.94. The number of rotatable bonds is 4. The second-order valence-corrected chi connectivity index (χ2v) is 7.70. The first-order valence-corrected chi connectivity index (χ1v) is 10.0. The molecule has 2 heterocycles. The number of hydrogen-bond donors (Lipinski definition) is 0. The first-order valence-electron chi connectivity index (χ1n) is 10.0. The quantitative estimate of drug-likeness (QED) is 0.545. The van der Waals surface area contributed by atoms with Gasteiger partial charge in [0.2, 0.25) is 0 Å². The van der Waals surface area contributed by atoms with Crippen molar-refractivity contribution in [1.29, 1.82) is 0 Å². The second kappa shape index (κ2) is 8.54. The molecule has 1 fully saturated rings. The van der Waals surface area contributed by atoms with Crippen molar-refractivity contribution in [3.63, 3.8) is 0 Å². The Kier molecular flexibility index (Phi) is 5.91. The fraction of sp³-hybridized carbons (Fsp3) is 0.318. The number of nitrogens with zero attached hydrogens (tertiary/aromatic N) is 4. The number of carbonyl (C=O) groups excluding carboxylic acids is 1. The summed E-state index contributed by atoms with van der Waals surface area (Å²) in [4.78, 5) is 18.5. The van der Waals surface area contributed by atoms with Crippen LogP contribution < -0.4 is 0 Å². The molecule has 2 aromatic carbocycles. The van der Waals surface area contributed by atoms with Gasteiger partial charge in [0.15, 0.2) is 0 Å². The number of carbonyl (C=O) groups is 1. The topological polar surface area (TPSA) is 60.2 Å². The second-order valence-electron chi connectivity index (χ2n) is 7.70. The summed E-state index contributed by atoms with van der Waals surface area (Å²) >= 11 is 0. The number of hydrogen-bond acceptors (Lipinski definition) is 4. The van der Waals surface area contributed by atoms with Crippen molar-refractivity contribution >= 4 is 5.91 Å². The van der Waals surface area contributed by atoms with Crippen LogP contribution in [0.15, 0.2) is 55.1 Å². The molecule has 0 radical (unpaired) electrons. The van der Waals surface area contributed by atoms with Crippen molar-refractivity contribution in [2.45, 2.75) is 31.3 Å². The van der Waals surface area contributed by atoms with E-state index in [9.17, 15) is 26.7 Å². The zero-order chi connectivity index (χ0) is 23.8. The molecule has 4 rings (SSSR count). The van der Waals surface area contributed by atoms with Gasteiger partial charge < -0.3 is 9.64 Å². The average Bonchev–Trinajstić information content (AvgIpc) is 3.27. The summed E-state index contributed by atoms with van der Waals surface area (Å²) in [6.45, 7) is 1.75. The summed E-state index contributed by atoms with van der Waals surface area (Å²) < 4.78 is 74.6. The Balaban J connectivity index is 1.72. The molecule has 0 N–H and O–H groups in total. The molecule has 0 saturated carbocycles. The Morgan fingerprint density at radius 3 is 2.52 bits per heavy atom. The molecule has 1 aliphatic rings. The largest absolute Gasteiger partial charge is 0.416 e. The first kappa shape index (κ1) is 22.8. The van der Waals surface area contributed by atoms with Crippen molar-refractivity contribution < 1.29 is 31.5 Å². The van der Waals surface area contributed by atoms with Crippen LogP contribution in [0.2, 0.25) is 0 Å². The van der Waals surface area contributed by atoms with E-state index in [-0.39, 0.29) is 30.8 Å². The molecule has 174 valence electrons. The Bertz CT molecular complexity index is 1130. The molecule has 1 aliphatic heterocycles. The molecule has 0 unspecified atom stereocenters. The van der Waals surface area contributed by atoms with E-state index in [0.717, 1.165) is 36.4 Å². The van der Waals surface area contributed by atoms with Crippen molar-refractivity contribution in [2.24, 2.45) is 0 Å². The fourth-order valence-electron chi connectivity index (χ4n) is 4.09. The Labute approximate surface area is 185 Å². The standard InChI is InChI=1S/C22H19F5N4O2/c1-14-21(11-30-13-28-12-29-30,18-7-6-17(23)10-19(18)24)33-9-8-31(14)20(32)15-2-4-16(5-3-15)22(25,26)27/h2-7,10,12-14H,8-9,11H2,1H3/t14-,21+/m0/s1. The maximum absolute atomic E-state index is 14.9. The van der Waals surface area contributed by atoms with Crippen LogP contribution in [0.5, 0.6) is 0 Å². The number of aromatic nitrogens is 3. The van der Waals surface area contributed by atoms with Crippen LogP contribution in [0.25, 0.3) is 0 Å². The fourth-order valence-corrected chi connectivity index (χ4v) is 4.09. The van der Waals surface area contributed by atoms with Crippen LogP contribution >= 0.6 is 0 Å². The zero-order valence-electron chi connectivity index (χ0n) is 17.4. The number of morpholine rings is 1. The van der Waals surface area contributed by atoms with Gasteiger partial charge in [-0.05, 0) is 37.3 Å².